The average Bonchev–Trinajstić information content (AvgIpc) is 3.36. The van der Waals surface area contributed by atoms with Crippen LogP contribution >= 0.6 is 0 Å². The van der Waals surface area contributed by atoms with Crippen molar-refractivity contribution in [1.82, 2.24) is 24.3 Å². The molecule has 1 aliphatic heterocycles. The zero-order valence-corrected chi connectivity index (χ0v) is 24.0. The second-order valence-electron chi connectivity index (χ2n) is 11.4. The number of benzene rings is 1. The molecule has 3 aromatic rings. The van der Waals surface area contributed by atoms with E-state index in [1.165, 1.54) is 15.8 Å². The zero-order chi connectivity index (χ0) is 29.9. The number of nitrogens with zero attached hydrogens (tertiary/aromatic N) is 7. The van der Waals surface area contributed by atoms with Crippen molar-refractivity contribution in [3.05, 3.63) is 48.4 Å². The molecule has 3 amide bonds. The number of hydrogen-bond acceptors (Lipinski definition) is 7. The van der Waals surface area contributed by atoms with Crippen LogP contribution in [0.1, 0.15) is 46.1 Å². The third-order valence-corrected chi connectivity index (χ3v) is 7.60. The number of rotatable bonds is 6. The summed E-state index contributed by atoms with van der Waals surface area (Å²) in [5.74, 6) is 0.768. The summed E-state index contributed by atoms with van der Waals surface area (Å²) in [5, 5.41) is 22.1. The predicted octanol–water partition coefficient (Wildman–Crippen LogP) is 4.38. The van der Waals surface area contributed by atoms with Crippen LogP contribution in [0.2, 0.25) is 0 Å². The van der Waals surface area contributed by atoms with E-state index in [9.17, 15) is 19.5 Å². The fourth-order valence-electron chi connectivity index (χ4n) is 5.15. The number of carbonyl (C=O) groups is 3. The van der Waals surface area contributed by atoms with Crippen LogP contribution in [-0.2, 0) is 11.3 Å². The summed E-state index contributed by atoms with van der Waals surface area (Å²) in [4.78, 5) is 51.2. The van der Waals surface area contributed by atoms with Crippen molar-refractivity contribution in [2.75, 3.05) is 30.4 Å². The molecule has 3 heterocycles. The Labute approximate surface area is 239 Å². The lowest BCUT2D eigenvalue weighted by Crippen LogP contribution is -2.52. The van der Waals surface area contributed by atoms with Crippen molar-refractivity contribution >= 4 is 40.6 Å². The molecule has 216 valence electrons. The summed E-state index contributed by atoms with van der Waals surface area (Å²) in [5.41, 5.74) is 1.26. The van der Waals surface area contributed by atoms with E-state index >= 15 is 0 Å². The third-order valence-electron chi connectivity index (χ3n) is 7.60. The van der Waals surface area contributed by atoms with Gasteiger partial charge in [0.15, 0.2) is 5.65 Å². The number of likely N-dealkylation sites (tertiary alicyclic amines) is 1. The molecule has 0 bridgehead atoms. The number of nitrogens with one attached hydrogen (secondary N) is 1. The van der Waals surface area contributed by atoms with Crippen molar-refractivity contribution in [3.63, 3.8) is 0 Å². The van der Waals surface area contributed by atoms with E-state index in [0.29, 0.717) is 35.6 Å². The number of hydrogen-bond donors (Lipinski definition) is 2. The van der Waals surface area contributed by atoms with Gasteiger partial charge in [-0.3, -0.25) is 14.3 Å². The molecule has 41 heavy (non-hydrogen) atoms. The molecule has 0 unspecified atom stereocenters. The topological polar surface area (TPSA) is 148 Å². The Balaban J connectivity index is 1.50. The average molecular weight is 561 g/mol. The normalized spacial score (nSPS) is 17.1. The SMILES string of the molecule is C[C@@H]1CCN(C(=O)CC#N)C[C@@H]1N(C)c1ncnc2c1ccn2C(=O)Nc1ccc(CN(C(=O)O)C(C)(C)C)cc1. The fraction of sp³-hybridized carbons (Fsp3) is 0.448. The van der Waals surface area contributed by atoms with Gasteiger partial charge in [-0.25, -0.2) is 19.6 Å². The van der Waals surface area contributed by atoms with Gasteiger partial charge in [-0.2, -0.15) is 5.26 Å². The Morgan fingerprint density at radius 1 is 1.17 bits per heavy atom. The van der Waals surface area contributed by atoms with E-state index < -0.39 is 17.7 Å². The van der Waals surface area contributed by atoms with Gasteiger partial charge in [0.2, 0.25) is 5.91 Å². The summed E-state index contributed by atoms with van der Waals surface area (Å²) < 4.78 is 1.42. The summed E-state index contributed by atoms with van der Waals surface area (Å²) in [6.45, 7) is 8.99. The van der Waals surface area contributed by atoms with Gasteiger partial charge in [-0.05, 0) is 56.9 Å². The number of anilines is 2. The monoisotopic (exact) mass is 560 g/mol. The molecule has 2 atom stereocenters. The standard InChI is InChI=1S/C29H36N8O4/c1-19-11-14-35(24(38)10-13-30)17-23(19)34(5)25-22-12-15-36(26(22)32-18-31-25)27(39)33-21-8-6-20(7-9-21)16-37(28(40)41)29(2,3)4/h6-9,12,15,18-19,23H,10-11,14,16-17H2,1-5H3,(H,33,39)(H,40,41)/t19-,23+/m1/s1. The molecule has 1 saturated heterocycles. The second-order valence-corrected chi connectivity index (χ2v) is 11.4. The van der Waals surface area contributed by atoms with Gasteiger partial charge >= 0.3 is 12.1 Å². The minimum atomic E-state index is -0.996. The molecule has 1 aliphatic rings. The number of carboxylic acid groups (broad SMARTS) is 1. The van der Waals surface area contributed by atoms with Gasteiger partial charge in [0, 0.05) is 44.1 Å². The van der Waals surface area contributed by atoms with Crippen LogP contribution in [0.15, 0.2) is 42.9 Å². The Hall–Kier alpha value is -4.66. The molecule has 0 radical (unpaired) electrons. The molecule has 0 spiro atoms. The maximum atomic E-state index is 13.2. The van der Waals surface area contributed by atoms with Crippen LogP contribution in [0.5, 0.6) is 0 Å². The summed E-state index contributed by atoms with van der Waals surface area (Å²) in [7, 11) is 1.92. The van der Waals surface area contributed by atoms with Gasteiger partial charge < -0.3 is 20.2 Å². The van der Waals surface area contributed by atoms with Crippen LogP contribution < -0.4 is 10.2 Å². The number of piperidine rings is 1. The Morgan fingerprint density at radius 2 is 1.88 bits per heavy atom. The third kappa shape index (κ3) is 6.40. The second kappa shape index (κ2) is 11.8. The predicted molar refractivity (Wildman–Crippen MR) is 154 cm³/mol. The summed E-state index contributed by atoms with van der Waals surface area (Å²) >= 11 is 0. The van der Waals surface area contributed by atoms with E-state index in [1.54, 1.807) is 41.4 Å². The van der Waals surface area contributed by atoms with E-state index in [4.69, 9.17) is 5.26 Å². The lowest BCUT2D eigenvalue weighted by atomic mass is 9.92. The van der Waals surface area contributed by atoms with Crippen LogP contribution in [0.3, 0.4) is 0 Å². The zero-order valence-electron chi connectivity index (χ0n) is 24.0. The van der Waals surface area contributed by atoms with E-state index in [2.05, 4.69) is 22.2 Å². The first-order valence-corrected chi connectivity index (χ1v) is 13.5. The van der Waals surface area contributed by atoms with E-state index in [0.717, 1.165) is 12.0 Å². The number of carbonyl (C=O) groups excluding carboxylic acids is 2. The summed E-state index contributed by atoms with van der Waals surface area (Å²) in [6, 6.07) is 10.4. The highest BCUT2D eigenvalue weighted by molar-refractivity contribution is 5.99. The van der Waals surface area contributed by atoms with E-state index in [1.807, 2.05) is 38.8 Å². The Kier molecular flexibility index (Phi) is 8.47. The molecule has 2 aromatic heterocycles. The van der Waals surface area contributed by atoms with Crippen LogP contribution in [-0.4, -0.2) is 79.2 Å². The maximum absolute atomic E-state index is 13.2. The van der Waals surface area contributed by atoms with Crippen molar-refractivity contribution in [2.24, 2.45) is 5.92 Å². The van der Waals surface area contributed by atoms with Gasteiger partial charge in [0.1, 0.15) is 18.6 Å². The first-order chi connectivity index (χ1) is 19.4. The largest absolute Gasteiger partial charge is 0.465 e. The lowest BCUT2D eigenvalue weighted by molar-refractivity contribution is -0.131. The maximum Gasteiger partial charge on any atom is 0.408 e. The van der Waals surface area contributed by atoms with E-state index in [-0.39, 0.29) is 30.8 Å². The molecule has 1 fully saturated rings. The van der Waals surface area contributed by atoms with Crippen LogP contribution in [0.25, 0.3) is 11.0 Å². The van der Waals surface area contributed by atoms with Crippen molar-refractivity contribution in [3.8, 4) is 6.07 Å². The lowest BCUT2D eigenvalue weighted by Gasteiger charge is -2.42. The molecule has 2 N–H and O–H groups in total. The Morgan fingerprint density at radius 3 is 2.51 bits per heavy atom. The molecule has 12 heteroatoms. The highest BCUT2D eigenvalue weighted by Gasteiger charge is 2.33. The van der Waals surface area contributed by atoms with Gasteiger partial charge in [0.05, 0.1) is 17.5 Å². The molecule has 4 rings (SSSR count). The van der Waals surface area contributed by atoms with Gasteiger partial charge in [-0.1, -0.05) is 19.1 Å². The molecule has 0 aliphatic carbocycles. The smallest absolute Gasteiger partial charge is 0.408 e. The number of nitriles is 1. The number of likely N-dealkylation sites (N-methyl/N-ethyl adjacent to an activating group) is 1. The van der Waals surface area contributed by atoms with Crippen molar-refractivity contribution in [1.29, 1.82) is 5.26 Å². The molecular formula is C29H36N8O4. The Bertz CT molecular complexity index is 1470. The molecule has 12 nitrogen and oxygen atoms in total. The van der Waals surface area contributed by atoms with Crippen LogP contribution in [0, 0.1) is 17.2 Å². The van der Waals surface area contributed by atoms with Crippen molar-refractivity contribution in [2.45, 2.75) is 58.7 Å². The van der Waals surface area contributed by atoms with Crippen molar-refractivity contribution < 1.29 is 19.5 Å². The first kappa shape index (κ1) is 29.3. The molecular weight excluding hydrogens is 524 g/mol. The molecule has 0 saturated carbocycles. The number of aromatic nitrogens is 3. The minimum Gasteiger partial charge on any atom is -0.465 e. The quantitative estimate of drug-likeness (QED) is 0.451. The first-order valence-electron chi connectivity index (χ1n) is 13.5. The highest BCUT2D eigenvalue weighted by Crippen LogP contribution is 2.30. The van der Waals surface area contributed by atoms with Gasteiger partial charge in [-0.15, -0.1) is 0 Å². The summed E-state index contributed by atoms with van der Waals surface area (Å²) in [6.07, 6.45) is 2.74. The minimum absolute atomic E-state index is 0.0180. The number of fused-ring (bicyclic) bond motifs is 1. The van der Waals surface area contributed by atoms with Crippen LogP contribution in [0.4, 0.5) is 21.1 Å². The fourth-order valence-corrected chi connectivity index (χ4v) is 5.15. The highest BCUT2D eigenvalue weighted by atomic mass is 16.4. The van der Waals surface area contributed by atoms with Gasteiger partial charge in [0.25, 0.3) is 0 Å². The number of amides is 3. The molecule has 1 aromatic carbocycles.